The molecular formula is C29H26N2. The van der Waals surface area contributed by atoms with Gasteiger partial charge >= 0.3 is 0 Å². The highest BCUT2D eigenvalue weighted by Gasteiger charge is 2.06. The van der Waals surface area contributed by atoms with E-state index >= 15 is 0 Å². The third kappa shape index (κ3) is 5.44. The standard InChI is InChI=1S/C29H26N2/c1-22-9-8-14-27(19-22)24-17-15-23(16-18-24)21-31-29(26-12-6-3-7-13-26)20-28(30)25-10-4-2-5-11-25/h2-21,28H,30H2,1H3/b29-20-,31-21?. The molecule has 1 atom stereocenters. The number of hydrogen-bond donors (Lipinski definition) is 1. The molecule has 0 amide bonds. The fourth-order valence-corrected chi connectivity index (χ4v) is 3.49. The van der Waals surface area contributed by atoms with E-state index in [1.54, 1.807) is 0 Å². The van der Waals surface area contributed by atoms with E-state index in [0.717, 1.165) is 22.4 Å². The minimum Gasteiger partial charge on any atom is -0.321 e. The number of hydrogen-bond acceptors (Lipinski definition) is 2. The van der Waals surface area contributed by atoms with Crippen molar-refractivity contribution >= 4 is 11.9 Å². The van der Waals surface area contributed by atoms with Crippen molar-refractivity contribution in [3.05, 3.63) is 138 Å². The van der Waals surface area contributed by atoms with Gasteiger partial charge in [0.25, 0.3) is 0 Å². The molecule has 0 saturated heterocycles. The molecular weight excluding hydrogens is 376 g/mol. The van der Waals surface area contributed by atoms with Crippen LogP contribution in [-0.2, 0) is 0 Å². The summed E-state index contributed by atoms with van der Waals surface area (Å²) in [7, 11) is 0. The molecule has 0 aliphatic carbocycles. The van der Waals surface area contributed by atoms with Crippen molar-refractivity contribution in [2.24, 2.45) is 10.7 Å². The highest BCUT2D eigenvalue weighted by Crippen LogP contribution is 2.23. The van der Waals surface area contributed by atoms with E-state index < -0.39 is 0 Å². The van der Waals surface area contributed by atoms with E-state index in [1.165, 1.54) is 16.7 Å². The van der Waals surface area contributed by atoms with Crippen LogP contribution in [0.3, 0.4) is 0 Å². The van der Waals surface area contributed by atoms with E-state index in [0.29, 0.717) is 0 Å². The molecule has 0 aliphatic rings. The Balaban J connectivity index is 1.60. The van der Waals surface area contributed by atoms with Crippen molar-refractivity contribution in [2.45, 2.75) is 13.0 Å². The number of benzene rings is 4. The van der Waals surface area contributed by atoms with Crippen LogP contribution < -0.4 is 5.73 Å². The van der Waals surface area contributed by atoms with E-state index in [9.17, 15) is 0 Å². The summed E-state index contributed by atoms with van der Waals surface area (Å²) < 4.78 is 0. The molecule has 4 aromatic rings. The summed E-state index contributed by atoms with van der Waals surface area (Å²) in [6, 6.07) is 37.0. The van der Waals surface area contributed by atoms with Crippen LogP contribution in [0.25, 0.3) is 16.8 Å². The van der Waals surface area contributed by atoms with E-state index in [4.69, 9.17) is 10.7 Å². The maximum absolute atomic E-state index is 6.45. The van der Waals surface area contributed by atoms with Gasteiger partial charge in [-0.05, 0) is 40.8 Å². The highest BCUT2D eigenvalue weighted by molar-refractivity contribution is 5.86. The zero-order valence-corrected chi connectivity index (χ0v) is 17.6. The molecule has 4 rings (SSSR count). The zero-order chi connectivity index (χ0) is 21.5. The summed E-state index contributed by atoms with van der Waals surface area (Å²) in [5.74, 6) is 0. The zero-order valence-electron chi connectivity index (χ0n) is 17.6. The van der Waals surface area contributed by atoms with Crippen LogP contribution in [0.5, 0.6) is 0 Å². The third-order valence-electron chi connectivity index (χ3n) is 5.21. The number of nitrogens with zero attached hydrogens (tertiary/aromatic N) is 1. The Morgan fingerprint density at radius 1 is 0.742 bits per heavy atom. The Labute approximate surface area is 184 Å². The van der Waals surface area contributed by atoms with Gasteiger partial charge in [0.1, 0.15) is 0 Å². The lowest BCUT2D eigenvalue weighted by Crippen LogP contribution is -2.07. The fourth-order valence-electron chi connectivity index (χ4n) is 3.49. The van der Waals surface area contributed by atoms with E-state index in [2.05, 4.69) is 67.6 Å². The molecule has 0 bridgehead atoms. The molecule has 2 heteroatoms. The van der Waals surface area contributed by atoms with Crippen LogP contribution in [0.2, 0.25) is 0 Å². The largest absolute Gasteiger partial charge is 0.321 e. The molecule has 2 nitrogen and oxygen atoms in total. The van der Waals surface area contributed by atoms with Gasteiger partial charge in [-0.2, -0.15) is 0 Å². The Hall–Kier alpha value is -3.75. The van der Waals surface area contributed by atoms with Crippen molar-refractivity contribution < 1.29 is 0 Å². The quantitative estimate of drug-likeness (QED) is 0.353. The van der Waals surface area contributed by atoms with Crippen LogP contribution in [0.15, 0.2) is 120 Å². The summed E-state index contributed by atoms with van der Waals surface area (Å²) in [4.78, 5) is 4.80. The number of aryl methyl sites for hydroxylation is 1. The first-order valence-electron chi connectivity index (χ1n) is 10.5. The summed E-state index contributed by atoms with van der Waals surface area (Å²) in [5.41, 5.74) is 14.1. The topological polar surface area (TPSA) is 38.4 Å². The van der Waals surface area contributed by atoms with E-state index in [-0.39, 0.29) is 6.04 Å². The van der Waals surface area contributed by atoms with Crippen LogP contribution in [0.4, 0.5) is 0 Å². The minimum atomic E-state index is -0.225. The van der Waals surface area contributed by atoms with Gasteiger partial charge in [0.15, 0.2) is 0 Å². The monoisotopic (exact) mass is 402 g/mol. The second kappa shape index (κ2) is 9.84. The Morgan fingerprint density at radius 2 is 1.42 bits per heavy atom. The molecule has 31 heavy (non-hydrogen) atoms. The van der Waals surface area contributed by atoms with Crippen molar-refractivity contribution in [3.63, 3.8) is 0 Å². The van der Waals surface area contributed by atoms with Gasteiger partial charge in [0, 0.05) is 6.21 Å². The first-order valence-corrected chi connectivity index (χ1v) is 10.5. The van der Waals surface area contributed by atoms with Crippen molar-refractivity contribution in [1.29, 1.82) is 0 Å². The fraction of sp³-hybridized carbons (Fsp3) is 0.0690. The summed E-state index contributed by atoms with van der Waals surface area (Å²) in [6.45, 7) is 2.11. The van der Waals surface area contributed by atoms with Gasteiger partial charge in [0.2, 0.25) is 0 Å². The van der Waals surface area contributed by atoms with Gasteiger partial charge in [-0.15, -0.1) is 0 Å². The second-order valence-electron chi connectivity index (χ2n) is 7.60. The van der Waals surface area contributed by atoms with Crippen LogP contribution in [0, 0.1) is 6.92 Å². The summed E-state index contributed by atoms with van der Waals surface area (Å²) >= 11 is 0. The molecule has 2 N–H and O–H groups in total. The lowest BCUT2D eigenvalue weighted by Gasteiger charge is -2.10. The van der Waals surface area contributed by atoms with Crippen LogP contribution in [-0.4, -0.2) is 6.21 Å². The first-order chi connectivity index (χ1) is 15.2. The van der Waals surface area contributed by atoms with Gasteiger partial charge in [-0.3, -0.25) is 4.99 Å². The third-order valence-corrected chi connectivity index (χ3v) is 5.21. The molecule has 0 aliphatic heterocycles. The molecule has 1 unspecified atom stereocenters. The SMILES string of the molecule is Cc1cccc(-c2ccc(C=N/C(=C\C(N)c3ccccc3)c3ccccc3)cc2)c1. The molecule has 4 aromatic carbocycles. The average molecular weight is 403 g/mol. The predicted molar refractivity (Wildman–Crippen MR) is 132 cm³/mol. The van der Waals surface area contributed by atoms with Gasteiger partial charge in [-0.25, -0.2) is 0 Å². The maximum atomic E-state index is 6.45. The van der Waals surface area contributed by atoms with Crippen LogP contribution >= 0.6 is 0 Å². The highest BCUT2D eigenvalue weighted by atomic mass is 14.7. The summed E-state index contributed by atoms with van der Waals surface area (Å²) in [6.07, 6.45) is 3.92. The Kier molecular flexibility index (Phi) is 6.51. The molecule has 0 spiro atoms. The van der Waals surface area contributed by atoms with E-state index in [1.807, 2.05) is 60.8 Å². The molecule has 0 heterocycles. The smallest absolute Gasteiger partial charge is 0.0681 e. The summed E-state index contributed by atoms with van der Waals surface area (Å²) in [5, 5.41) is 0. The lowest BCUT2D eigenvalue weighted by atomic mass is 10.0. The Bertz CT molecular complexity index is 1170. The molecule has 0 radical (unpaired) electrons. The van der Waals surface area contributed by atoms with Gasteiger partial charge in [-0.1, -0.05) is 115 Å². The number of rotatable bonds is 6. The molecule has 0 fully saturated rings. The first kappa shape index (κ1) is 20.5. The van der Waals surface area contributed by atoms with Crippen LogP contribution in [0.1, 0.15) is 28.3 Å². The minimum absolute atomic E-state index is 0.225. The van der Waals surface area contributed by atoms with Gasteiger partial charge in [0.05, 0.1) is 11.7 Å². The average Bonchev–Trinajstić information content (AvgIpc) is 2.83. The van der Waals surface area contributed by atoms with Gasteiger partial charge < -0.3 is 5.73 Å². The molecule has 152 valence electrons. The normalized spacial score (nSPS) is 12.8. The van der Waals surface area contributed by atoms with Crippen molar-refractivity contribution in [3.8, 4) is 11.1 Å². The second-order valence-corrected chi connectivity index (χ2v) is 7.60. The number of aliphatic imine (C=N–C) groups is 1. The van der Waals surface area contributed by atoms with Crippen molar-refractivity contribution in [2.75, 3.05) is 0 Å². The number of nitrogens with two attached hydrogens (primary N) is 1. The predicted octanol–water partition coefficient (Wildman–Crippen LogP) is 6.82. The molecule has 0 saturated carbocycles. The maximum Gasteiger partial charge on any atom is 0.0681 e. The molecule has 0 aromatic heterocycles. The Morgan fingerprint density at radius 3 is 2.10 bits per heavy atom. The van der Waals surface area contributed by atoms with Crippen molar-refractivity contribution in [1.82, 2.24) is 0 Å². The lowest BCUT2D eigenvalue weighted by molar-refractivity contribution is 0.911.